The molecule has 0 bridgehead atoms. The number of rotatable bonds is 4. The molecule has 0 saturated carbocycles. The lowest BCUT2D eigenvalue weighted by atomic mass is 10.1. The highest BCUT2D eigenvalue weighted by molar-refractivity contribution is 5.78. The number of fused-ring (bicyclic) bond motifs is 3. The van der Waals surface area contributed by atoms with Crippen LogP contribution in [0.4, 0.5) is 0 Å². The van der Waals surface area contributed by atoms with Gasteiger partial charge in [-0.3, -0.25) is 23.1 Å². The number of hydrogen-bond donors (Lipinski definition) is 0. The molecular weight excluding hydrogens is 398 g/mol. The average molecular weight is 423 g/mol. The molecule has 0 fully saturated rings. The molecule has 162 valence electrons. The quantitative estimate of drug-likeness (QED) is 0.468. The zero-order valence-electron chi connectivity index (χ0n) is 18.5. The van der Waals surface area contributed by atoms with Crippen LogP contribution in [-0.4, -0.2) is 35.7 Å². The van der Waals surface area contributed by atoms with E-state index in [1.165, 1.54) is 4.57 Å². The van der Waals surface area contributed by atoms with Crippen LogP contribution in [0.15, 0.2) is 27.8 Å². The fourth-order valence-electron chi connectivity index (χ4n) is 3.99. The normalized spacial score (nSPS) is 11.5. The van der Waals surface area contributed by atoms with E-state index in [1.807, 2.05) is 50.5 Å². The maximum Gasteiger partial charge on any atom is 0.333 e. The number of carbonyl (C=O) groups excluding carboxylic acids is 1. The van der Waals surface area contributed by atoms with Crippen LogP contribution in [0.3, 0.4) is 0 Å². The highest BCUT2D eigenvalue weighted by Gasteiger charge is 2.24. The summed E-state index contributed by atoms with van der Waals surface area (Å²) in [5, 5.41) is 0. The van der Waals surface area contributed by atoms with E-state index in [9.17, 15) is 14.4 Å². The number of aryl methyl sites for hydroxylation is 3. The van der Waals surface area contributed by atoms with Crippen molar-refractivity contribution in [1.29, 1.82) is 0 Å². The van der Waals surface area contributed by atoms with Crippen molar-refractivity contribution in [3.8, 4) is 5.69 Å². The molecule has 0 unspecified atom stereocenters. The molecule has 4 aromatic rings. The molecule has 9 nitrogen and oxygen atoms in total. The lowest BCUT2D eigenvalue weighted by Crippen LogP contribution is -2.41. The second-order valence-corrected chi connectivity index (χ2v) is 7.68. The maximum atomic E-state index is 13.3. The Morgan fingerprint density at radius 1 is 1.10 bits per heavy atom. The predicted molar refractivity (Wildman–Crippen MR) is 117 cm³/mol. The lowest BCUT2D eigenvalue weighted by molar-refractivity contribution is -0.143. The third-order valence-electron chi connectivity index (χ3n) is 5.93. The van der Waals surface area contributed by atoms with E-state index in [-0.39, 0.29) is 17.8 Å². The summed E-state index contributed by atoms with van der Waals surface area (Å²) in [6.07, 6.45) is 0. The fraction of sp³-hybridized carbons (Fsp3) is 0.364. The molecule has 9 heteroatoms. The van der Waals surface area contributed by atoms with Gasteiger partial charge in [-0.05, 0) is 51.8 Å². The first-order valence-corrected chi connectivity index (χ1v) is 10.1. The molecule has 0 N–H and O–H groups in total. The number of carbonyl (C=O) groups is 1. The number of imidazole rings is 2. The largest absolute Gasteiger partial charge is 0.465 e. The first-order valence-electron chi connectivity index (χ1n) is 10.1. The van der Waals surface area contributed by atoms with Gasteiger partial charge >= 0.3 is 11.7 Å². The van der Waals surface area contributed by atoms with Gasteiger partial charge in [-0.25, -0.2) is 9.36 Å². The number of benzene rings is 1. The van der Waals surface area contributed by atoms with Gasteiger partial charge in [-0.15, -0.1) is 0 Å². The SMILES string of the molecule is CCOC(=O)Cn1c(=O)c2c(nc3n(-c4cccc(C)c4C)c(C)c(C)n23)n(C)c1=O. The molecule has 0 saturated heterocycles. The molecule has 0 aliphatic rings. The van der Waals surface area contributed by atoms with E-state index in [0.717, 1.165) is 32.8 Å². The fourth-order valence-corrected chi connectivity index (χ4v) is 3.99. The molecule has 3 aromatic heterocycles. The summed E-state index contributed by atoms with van der Waals surface area (Å²) in [5.74, 6) is -0.0950. The van der Waals surface area contributed by atoms with Gasteiger partial charge in [-0.2, -0.15) is 4.98 Å². The number of esters is 1. The van der Waals surface area contributed by atoms with E-state index in [0.29, 0.717) is 5.78 Å². The number of ether oxygens (including phenoxy) is 1. The van der Waals surface area contributed by atoms with Gasteiger partial charge in [-0.1, -0.05) is 12.1 Å². The minimum absolute atomic E-state index is 0.171. The summed E-state index contributed by atoms with van der Waals surface area (Å²) < 4.78 is 10.9. The standard InChI is InChI=1S/C22H25N5O4/c1-7-31-17(28)11-25-20(29)18-19(24(6)22(25)30)23-21-26(14(4)15(5)27(18)21)16-10-8-9-12(2)13(16)3/h8-10H,7,11H2,1-6H3. The van der Waals surface area contributed by atoms with Crippen molar-refractivity contribution in [1.82, 2.24) is 23.1 Å². The third-order valence-corrected chi connectivity index (χ3v) is 5.93. The molecule has 0 amide bonds. The van der Waals surface area contributed by atoms with Crippen molar-refractivity contribution in [2.45, 2.75) is 41.2 Å². The highest BCUT2D eigenvalue weighted by atomic mass is 16.5. The second kappa shape index (κ2) is 7.26. The molecule has 0 aliphatic carbocycles. The van der Waals surface area contributed by atoms with E-state index in [4.69, 9.17) is 4.74 Å². The first-order chi connectivity index (χ1) is 14.7. The molecule has 3 heterocycles. The highest BCUT2D eigenvalue weighted by Crippen LogP contribution is 2.27. The van der Waals surface area contributed by atoms with Crippen LogP contribution >= 0.6 is 0 Å². The van der Waals surface area contributed by atoms with Gasteiger partial charge in [0.2, 0.25) is 5.78 Å². The molecule has 0 spiro atoms. The molecule has 31 heavy (non-hydrogen) atoms. The zero-order valence-corrected chi connectivity index (χ0v) is 18.5. The summed E-state index contributed by atoms with van der Waals surface area (Å²) in [6.45, 7) is 9.36. The van der Waals surface area contributed by atoms with Crippen molar-refractivity contribution in [3.05, 3.63) is 61.6 Å². The van der Waals surface area contributed by atoms with E-state index >= 15 is 0 Å². The van der Waals surface area contributed by atoms with Gasteiger partial charge in [0.15, 0.2) is 11.2 Å². The Hall–Kier alpha value is -3.62. The van der Waals surface area contributed by atoms with Crippen molar-refractivity contribution >= 4 is 22.9 Å². The van der Waals surface area contributed by atoms with Crippen LogP contribution in [-0.2, 0) is 23.1 Å². The molecule has 0 aliphatic heterocycles. The third kappa shape index (κ3) is 2.91. The van der Waals surface area contributed by atoms with Gasteiger partial charge in [0, 0.05) is 18.4 Å². The second-order valence-electron chi connectivity index (χ2n) is 7.68. The molecule has 1 aromatic carbocycles. The number of nitrogens with zero attached hydrogens (tertiary/aromatic N) is 5. The Bertz CT molecular complexity index is 1480. The molecule has 0 atom stereocenters. The van der Waals surface area contributed by atoms with Crippen LogP contribution in [0.2, 0.25) is 0 Å². The average Bonchev–Trinajstić information content (AvgIpc) is 3.22. The number of aromatic nitrogens is 5. The first kappa shape index (κ1) is 20.6. The topological polar surface area (TPSA) is 92.5 Å². The molecular formula is C22H25N5O4. The Morgan fingerprint density at radius 2 is 1.81 bits per heavy atom. The minimum Gasteiger partial charge on any atom is -0.465 e. The van der Waals surface area contributed by atoms with Gasteiger partial charge < -0.3 is 4.74 Å². The number of hydrogen-bond acceptors (Lipinski definition) is 5. The van der Waals surface area contributed by atoms with Crippen molar-refractivity contribution in [2.24, 2.45) is 7.05 Å². The Kier molecular flexibility index (Phi) is 4.83. The minimum atomic E-state index is -0.636. The van der Waals surface area contributed by atoms with Crippen LogP contribution in [0.5, 0.6) is 0 Å². The smallest absolute Gasteiger partial charge is 0.333 e. The summed E-state index contributed by atoms with van der Waals surface area (Å²) in [6, 6.07) is 6.03. The van der Waals surface area contributed by atoms with Gasteiger partial charge in [0.25, 0.3) is 5.56 Å². The zero-order chi connectivity index (χ0) is 22.6. The van der Waals surface area contributed by atoms with Crippen LogP contribution < -0.4 is 11.2 Å². The summed E-state index contributed by atoms with van der Waals surface area (Å²) in [7, 11) is 1.54. The lowest BCUT2D eigenvalue weighted by Gasteiger charge is -2.12. The van der Waals surface area contributed by atoms with E-state index in [2.05, 4.69) is 4.98 Å². The Balaban J connectivity index is 2.11. The summed E-state index contributed by atoms with van der Waals surface area (Å²) in [4.78, 5) is 42.8. The monoisotopic (exact) mass is 423 g/mol. The van der Waals surface area contributed by atoms with Crippen LogP contribution in [0.1, 0.15) is 29.4 Å². The van der Waals surface area contributed by atoms with Gasteiger partial charge in [0.1, 0.15) is 6.54 Å². The molecule has 0 radical (unpaired) electrons. The van der Waals surface area contributed by atoms with Crippen LogP contribution in [0, 0.1) is 27.7 Å². The maximum absolute atomic E-state index is 13.3. The molecule has 4 rings (SSSR count). The Labute approximate surface area is 178 Å². The van der Waals surface area contributed by atoms with E-state index < -0.39 is 23.8 Å². The van der Waals surface area contributed by atoms with Gasteiger partial charge in [0.05, 0.1) is 12.3 Å². The van der Waals surface area contributed by atoms with Crippen molar-refractivity contribution in [2.75, 3.05) is 6.61 Å². The summed E-state index contributed by atoms with van der Waals surface area (Å²) >= 11 is 0. The Morgan fingerprint density at radius 3 is 2.48 bits per heavy atom. The van der Waals surface area contributed by atoms with Crippen LogP contribution in [0.25, 0.3) is 22.6 Å². The van der Waals surface area contributed by atoms with Crippen molar-refractivity contribution in [3.63, 3.8) is 0 Å². The van der Waals surface area contributed by atoms with E-state index in [1.54, 1.807) is 18.4 Å². The predicted octanol–water partition coefficient (Wildman–Crippen LogP) is 1.94. The van der Waals surface area contributed by atoms with Crippen molar-refractivity contribution < 1.29 is 9.53 Å². The summed E-state index contributed by atoms with van der Waals surface area (Å²) in [5.41, 5.74) is 4.31.